The molecule has 0 bridgehead atoms. The number of non-ortho nitro benzene ring substituents is 1. The van der Waals surface area contributed by atoms with Gasteiger partial charge in [-0.15, -0.1) is 0 Å². The maximum Gasteiger partial charge on any atom is 0.269 e. The summed E-state index contributed by atoms with van der Waals surface area (Å²) in [4.78, 5) is 22.4. The number of hydrogen-bond donors (Lipinski definition) is 1. The lowest BCUT2D eigenvalue weighted by molar-refractivity contribution is -0.384. The van der Waals surface area contributed by atoms with E-state index in [2.05, 4.69) is 17.4 Å². The number of amides is 1. The van der Waals surface area contributed by atoms with Gasteiger partial charge in [-0.05, 0) is 46.5 Å². The number of nitrogens with one attached hydrogen (secondary N) is 1. The van der Waals surface area contributed by atoms with Crippen LogP contribution in [-0.2, 0) is 13.0 Å². The van der Waals surface area contributed by atoms with E-state index in [1.54, 1.807) is 0 Å². The smallest absolute Gasteiger partial charge is 0.269 e. The van der Waals surface area contributed by atoms with Crippen molar-refractivity contribution in [2.45, 2.75) is 13.0 Å². The van der Waals surface area contributed by atoms with Crippen molar-refractivity contribution in [1.82, 2.24) is 5.32 Å². The highest BCUT2D eigenvalue weighted by molar-refractivity contribution is 5.94. The fourth-order valence-electron chi connectivity index (χ4n) is 3.20. The van der Waals surface area contributed by atoms with Gasteiger partial charge in [-0.2, -0.15) is 0 Å². The lowest BCUT2D eigenvalue weighted by Crippen LogP contribution is -2.22. The highest BCUT2D eigenvalue weighted by Gasteiger charge is 2.13. The van der Waals surface area contributed by atoms with Crippen molar-refractivity contribution in [2.75, 3.05) is 6.61 Å². The summed E-state index contributed by atoms with van der Waals surface area (Å²) < 4.78 is 5.54. The van der Waals surface area contributed by atoms with Crippen LogP contribution in [0.3, 0.4) is 0 Å². The van der Waals surface area contributed by atoms with Crippen molar-refractivity contribution in [2.24, 2.45) is 0 Å². The number of carbonyl (C=O) groups is 1. The van der Waals surface area contributed by atoms with E-state index in [4.69, 9.17) is 4.74 Å². The molecule has 0 aromatic heterocycles. The van der Waals surface area contributed by atoms with Gasteiger partial charge in [0, 0.05) is 30.7 Å². The summed E-state index contributed by atoms with van der Waals surface area (Å²) in [7, 11) is 0. The Morgan fingerprint density at radius 2 is 1.71 bits per heavy atom. The molecular weight excluding hydrogens is 356 g/mol. The summed E-state index contributed by atoms with van der Waals surface area (Å²) in [6.45, 7) is 1.13. The normalized spacial score (nSPS) is 12.1. The molecule has 0 unspecified atom stereocenters. The van der Waals surface area contributed by atoms with Crippen LogP contribution in [0.5, 0.6) is 5.75 Å². The van der Waals surface area contributed by atoms with Crippen LogP contribution in [0.15, 0.2) is 66.7 Å². The minimum atomic E-state index is -0.489. The molecule has 4 rings (SSSR count). The standard InChI is InChI=1S/C22H18N2O4/c25-22(17-5-8-20(9-6-17)24(26)27)23-14-15-1-3-16(4-2-15)18-7-10-21-19(13-18)11-12-28-21/h1-10,13H,11-12,14H2,(H,23,25). The van der Waals surface area contributed by atoms with Crippen molar-refractivity contribution >= 4 is 11.6 Å². The lowest BCUT2D eigenvalue weighted by Gasteiger charge is -2.08. The van der Waals surface area contributed by atoms with Crippen LogP contribution < -0.4 is 10.1 Å². The summed E-state index contributed by atoms with van der Waals surface area (Å²) in [5, 5.41) is 13.5. The van der Waals surface area contributed by atoms with E-state index in [0.717, 1.165) is 35.5 Å². The molecule has 3 aromatic rings. The van der Waals surface area contributed by atoms with Gasteiger partial charge in [-0.3, -0.25) is 14.9 Å². The Labute approximate surface area is 161 Å². The SMILES string of the molecule is O=C(NCc1ccc(-c2ccc3c(c2)CCO3)cc1)c1ccc([N+](=O)[O-])cc1. The molecule has 0 atom stereocenters. The first kappa shape index (κ1) is 17.7. The zero-order valence-corrected chi connectivity index (χ0v) is 15.1. The molecule has 0 radical (unpaired) electrons. The number of nitro groups is 1. The molecule has 1 N–H and O–H groups in total. The number of ether oxygens (including phenoxy) is 1. The first-order valence-corrected chi connectivity index (χ1v) is 8.98. The third-order valence-electron chi connectivity index (χ3n) is 4.77. The van der Waals surface area contributed by atoms with Crippen LogP contribution in [0.4, 0.5) is 5.69 Å². The maximum absolute atomic E-state index is 12.2. The Balaban J connectivity index is 1.39. The number of benzene rings is 3. The highest BCUT2D eigenvalue weighted by Crippen LogP contribution is 2.30. The molecule has 0 fully saturated rings. The van der Waals surface area contributed by atoms with Gasteiger partial charge in [-0.25, -0.2) is 0 Å². The van der Waals surface area contributed by atoms with Crippen molar-refractivity contribution in [3.05, 3.63) is 93.5 Å². The molecule has 0 saturated carbocycles. The zero-order chi connectivity index (χ0) is 19.5. The molecule has 3 aromatic carbocycles. The number of fused-ring (bicyclic) bond motifs is 1. The second-order valence-corrected chi connectivity index (χ2v) is 6.60. The predicted octanol–water partition coefficient (Wildman–Crippen LogP) is 4.13. The van der Waals surface area contributed by atoms with Gasteiger partial charge >= 0.3 is 0 Å². The maximum atomic E-state index is 12.2. The van der Waals surface area contributed by atoms with E-state index in [0.29, 0.717) is 12.1 Å². The second kappa shape index (κ2) is 7.52. The molecule has 0 aliphatic carbocycles. The Hall–Kier alpha value is -3.67. The second-order valence-electron chi connectivity index (χ2n) is 6.60. The molecule has 1 aliphatic rings. The fraction of sp³-hybridized carbons (Fsp3) is 0.136. The summed E-state index contributed by atoms with van der Waals surface area (Å²) in [6.07, 6.45) is 0.940. The van der Waals surface area contributed by atoms with Crippen molar-refractivity contribution < 1.29 is 14.5 Å². The number of rotatable bonds is 5. The Morgan fingerprint density at radius 1 is 1.00 bits per heavy atom. The van der Waals surface area contributed by atoms with Gasteiger partial charge in [0.05, 0.1) is 11.5 Å². The fourth-order valence-corrected chi connectivity index (χ4v) is 3.20. The molecule has 6 heteroatoms. The van der Waals surface area contributed by atoms with Crippen LogP contribution in [0, 0.1) is 10.1 Å². The first-order valence-electron chi connectivity index (χ1n) is 8.98. The van der Waals surface area contributed by atoms with Crippen LogP contribution in [0.2, 0.25) is 0 Å². The highest BCUT2D eigenvalue weighted by atomic mass is 16.6. The monoisotopic (exact) mass is 374 g/mol. The number of hydrogen-bond acceptors (Lipinski definition) is 4. The van der Waals surface area contributed by atoms with Crippen molar-refractivity contribution in [3.8, 4) is 16.9 Å². The van der Waals surface area contributed by atoms with Gasteiger partial charge in [0.1, 0.15) is 5.75 Å². The molecule has 0 saturated heterocycles. The van der Waals surface area contributed by atoms with Crippen LogP contribution in [-0.4, -0.2) is 17.4 Å². The van der Waals surface area contributed by atoms with Gasteiger partial charge in [-0.1, -0.05) is 30.3 Å². The summed E-state index contributed by atoms with van der Waals surface area (Å²) in [6, 6.07) is 19.8. The number of nitrogens with zero attached hydrogens (tertiary/aromatic N) is 1. The van der Waals surface area contributed by atoms with E-state index in [-0.39, 0.29) is 11.6 Å². The third kappa shape index (κ3) is 3.71. The summed E-state index contributed by atoms with van der Waals surface area (Å²) in [5.74, 6) is 0.701. The minimum absolute atomic E-state index is 0.0368. The van der Waals surface area contributed by atoms with E-state index in [1.165, 1.54) is 29.8 Å². The van der Waals surface area contributed by atoms with Gasteiger partial charge in [0.25, 0.3) is 11.6 Å². The Morgan fingerprint density at radius 3 is 2.43 bits per heavy atom. The average Bonchev–Trinajstić information content (AvgIpc) is 3.20. The summed E-state index contributed by atoms with van der Waals surface area (Å²) in [5.41, 5.74) is 4.82. The third-order valence-corrected chi connectivity index (χ3v) is 4.77. The lowest BCUT2D eigenvalue weighted by atomic mass is 10.0. The minimum Gasteiger partial charge on any atom is -0.493 e. The molecule has 28 heavy (non-hydrogen) atoms. The van der Waals surface area contributed by atoms with Crippen molar-refractivity contribution in [3.63, 3.8) is 0 Å². The largest absolute Gasteiger partial charge is 0.493 e. The van der Waals surface area contributed by atoms with E-state index >= 15 is 0 Å². The molecular formula is C22H18N2O4. The molecule has 140 valence electrons. The molecule has 1 amide bonds. The predicted molar refractivity (Wildman–Crippen MR) is 105 cm³/mol. The van der Waals surface area contributed by atoms with Crippen LogP contribution in [0.1, 0.15) is 21.5 Å². The first-order chi connectivity index (χ1) is 13.6. The van der Waals surface area contributed by atoms with Crippen LogP contribution in [0.25, 0.3) is 11.1 Å². The molecule has 0 spiro atoms. The van der Waals surface area contributed by atoms with E-state index in [1.807, 2.05) is 30.3 Å². The molecule has 6 nitrogen and oxygen atoms in total. The summed E-state index contributed by atoms with van der Waals surface area (Å²) >= 11 is 0. The number of nitro benzene ring substituents is 1. The van der Waals surface area contributed by atoms with Crippen LogP contribution >= 0.6 is 0 Å². The zero-order valence-electron chi connectivity index (χ0n) is 15.1. The van der Waals surface area contributed by atoms with Gasteiger partial charge < -0.3 is 10.1 Å². The quantitative estimate of drug-likeness (QED) is 0.538. The Kier molecular flexibility index (Phi) is 4.76. The average molecular weight is 374 g/mol. The topological polar surface area (TPSA) is 81.5 Å². The Bertz CT molecular complexity index is 1030. The van der Waals surface area contributed by atoms with Gasteiger partial charge in [0.2, 0.25) is 0 Å². The van der Waals surface area contributed by atoms with Crippen molar-refractivity contribution in [1.29, 1.82) is 0 Å². The van der Waals surface area contributed by atoms with E-state index in [9.17, 15) is 14.9 Å². The molecule has 1 aliphatic heterocycles. The van der Waals surface area contributed by atoms with E-state index < -0.39 is 4.92 Å². The molecule has 1 heterocycles. The van der Waals surface area contributed by atoms with Gasteiger partial charge in [0.15, 0.2) is 0 Å². The number of carbonyl (C=O) groups excluding carboxylic acids is 1.